The first-order valence-corrected chi connectivity index (χ1v) is 5.12. The zero-order valence-electron chi connectivity index (χ0n) is 9.36. The summed E-state index contributed by atoms with van der Waals surface area (Å²) < 4.78 is 5.01. The van der Waals surface area contributed by atoms with Crippen LogP contribution in [0, 0.1) is 5.92 Å². The van der Waals surface area contributed by atoms with Crippen LogP contribution in [0.2, 0.25) is 0 Å². The SMILES string of the molecule is COCCC(NC(CO)CO)C(C)C. The number of hydrogen-bond donors (Lipinski definition) is 3. The molecule has 0 heterocycles. The monoisotopic (exact) mass is 205 g/mol. The molecule has 0 aromatic carbocycles. The van der Waals surface area contributed by atoms with Gasteiger partial charge in [0.2, 0.25) is 0 Å². The van der Waals surface area contributed by atoms with E-state index in [4.69, 9.17) is 14.9 Å². The number of nitrogens with one attached hydrogen (secondary N) is 1. The van der Waals surface area contributed by atoms with Crippen molar-refractivity contribution in [3.05, 3.63) is 0 Å². The summed E-state index contributed by atoms with van der Waals surface area (Å²) in [7, 11) is 1.67. The van der Waals surface area contributed by atoms with Gasteiger partial charge in [-0.05, 0) is 12.3 Å². The summed E-state index contributed by atoms with van der Waals surface area (Å²) in [5.74, 6) is 0.464. The van der Waals surface area contributed by atoms with Crippen LogP contribution in [0.4, 0.5) is 0 Å². The van der Waals surface area contributed by atoms with Crippen molar-refractivity contribution >= 4 is 0 Å². The van der Waals surface area contributed by atoms with Gasteiger partial charge >= 0.3 is 0 Å². The lowest BCUT2D eigenvalue weighted by Gasteiger charge is -2.26. The van der Waals surface area contributed by atoms with E-state index in [1.807, 2.05) is 0 Å². The van der Waals surface area contributed by atoms with Crippen molar-refractivity contribution in [2.45, 2.75) is 32.4 Å². The first-order chi connectivity index (χ1) is 6.65. The van der Waals surface area contributed by atoms with E-state index in [1.54, 1.807) is 7.11 Å². The van der Waals surface area contributed by atoms with Crippen molar-refractivity contribution in [3.8, 4) is 0 Å². The van der Waals surface area contributed by atoms with Crippen LogP contribution < -0.4 is 5.32 Å². The molecule has 0 saturated carbocycles. The molecule has 86 valence electrons. The van der Waals surface area contributed by atoms with E-state index in [-0.39, 0.29) is 25.3 Å². The Labute approximate surface area is 86.3 Å². The summed E-state index contributed by atoms with van der Waals surface area (Å²) in [5.41, 5.74) is 0. The molecule has 1 unspecified atom stereocenters. The van der Waals surface area contributed by atoms with Gasteiger partial charge in [-0.1, -0.05) is 13.8 Å². The molecule has 4 nitrogen and oxygen atoms in total. The van der Waals surface area contributed by atoms with Crippen LogP contribution in [0.1, 0.15) is 20.3 Å². The van der Waals surface area contributed by atoms with Crippen LogP contribution in [0.3, 0.4) is 0 Å². The third kappa shape index (κ3) is 5.54. The Kier molecular flexibility index (Phi) is 8.08. The molecule has 0 bridgehead atoms. The van der Waals surface area contributed by atoms with Gasteiger partial charge in [0, 0.05) is 19.8 Å². The zero-order valence-corrected chi connectivity index (χ0v) is 9.36. The van der Waals surface area contributed by atoms with E-state index >= 15 is 0 Å². The molecule has 0 radical (unpaired) electrons. The van der Waals surface area contributed by atoms with Crippen molar-refractivity contribution < 1.29 is 14.9 Å². The number of aliphatic hydroxyl groups is 2. The highest BCUT2D eigenvalue weighted by molar-refractivity contribution is 4.75. The number of ether oxygens (including phenoxy) is 1. The third-order valence-corrected chi connectivity index (χ3v) is 2.33. The van der Waals surface area contributed by atoms with E-state index in [0.29, 0.717) is 12.5 Å². The molecule has 0 aliphatic rings. The Morgan fingerprint density at radius 1 is 1.21 bits per heavy atom. The van der Waals surface area contributed by atoms with Crippen LogP contribution >= 0.6 is 0 Å². The van der Waals surface area contributed by atoms with Crippen LogP contribution in [-0.4, -0.2) is 49.2 Å². The number of aliphatic hydroxyl groups excluding tert-OH is 2. The summed E-state index contributed by atoms with van der Waals surface area (Å²) in [6.07, 6.45) is 0.894. The second-order valence-electron chi connectivity index (χ2n) is 3.86. The Morgan fingerprint density at radius 3 is 2.14 bits per heavy atom. The number of hydrogen-bond acceptors (Lipinski definition) is 4. The highest BCUT2D eigenvalue weighted by Crippen LogP contribution is 2.07. The molecular formula is C10H23NO3. The fourth-order valence-corrected chi connectivity index (χ4v) is 1.32. The van der Waals surface area contributed by atoms with Gasteiger partial charge in [0.25, 0.3) is 0 Å². The summed E-state index contributed by atoms with van der Waals surface area (Å²) in [6.45, 7) is 4.84. The first kappa shape index (κ1) is 13.8. The molecule has 0 aromatic heterocycles. The zero-order chi connectivity index (χ0) is 11.0. The molecule has 0 amide bonds. The van der Waals surface area contributed by atoms with E-state index in [1.165, 1.54) is 0 Å². The number of methoxy groups -OCH3 is 1. The van der Waals surface area contributed by atoms with Crippen LogP contribution in [0.25, 0.3) is 0 Å². The van der Waals surface area contributed by atoms with E-state index in [2.05, 4.69) is 19.2 Å². The maximum atomic E-state index is 8.93. The average molecular weight is 205 g/mol. The highest BCUT2D eigenvalue weighted by atomic mass is 16.5. The first-order valence-electron chi connectivity index (χ1n) is 5.12. The van der Waals surface area contributed by atoms with Gasteiger partial charge in [-0.15, -0.1) is 0 Å². The largest absolute Gasteiger partial charge is 0.395 e. The van der Waals surface area contributed by atoms with Gasteiger partial charge < -0.3 is 20.3 Å². The second kappa shape index (κ2) is 8.17. The topological polar surface area (TPSA) is 61.7 Å². The molecule has 3 N–H and O–H groups in total. The standard InChI is InChI=1S/C10H23NO3/c1-8(2)10(4-5-14-3)11-9(6-12)7-13/h8-13H,4-7H2,1-3H3. The second-order valence-corrected chi connectivity index (χ2v) is 3.86. The quantitative estimate of drug-likeness (QED) is 0.521. The predicted octanol–water partition coefficient (Wildman–Crippen LogP) is -0.00970. The molecule has 4 heteroatoms. The van der Waals surface area contributed by atoms with Gasteiger partial charge in [0.1, 0.15) is 0 Å². The lowest BCUT2D eigenvalue weighted by atomic mass is 10.0. The fraction of sp³-hybridized carbons (Fsp3) is 1.00. The van der Waals surface area contributed by atoms with Gasteiger partial charge in [-0.25, -0.2) is 0 Å². The molecular weight excluding hydrogens is 182 g/mol. The van der Waals surface area contributed by atoms with Crippen molar-refractivity contribution in [1.82, 2.24) is 5.32 Å². The Balaban J connectivity index is 3.93. The fourth-order valence-electron chi connectivity index (χ4n) is 1.32. The minimum atomic E-state index is -0.223. The van der Waals surface area contributed by atoms with Gasteiger partial charge in [0.15, 0.2) is 0 Å². The molecule has 0 aliphatic carbocycles. The van der Waals surface area contributed by atoms with Gasteiger partial charge in [-0.3, -0.25) is 0 Å². The van der Waals surface area contributed by atoms with E-state index in [9.17, 15) is 0 Å². The van der Waals surface area contributed by atoms with Crippen LogP contribution in [-0.2, 0) is 4.74 Å². The van der Waals surface area contributed by atoms with Gasteiger partial charge in [-0.2, -0.15) is 0 Å². The van der Waals surface area contributed by atoms with Crippen molar-refractivity contribution in [2.75, 3.05) is 26.9 Å². The summed E-state index contributed by atoms with van der Waals surface area (Å²) in [4.78, 5) is 0. The average Bonchev–Trinajstić information content (AvgIpc) is 2.18. The normalized spacial score (nSPS) is 13.9. The Hall–Kier alpha value is -0.160. The highest BCUT2D eigenvalue weighted by Gasteiger charge is 2.16. The predicted molar refractivity (Wildman–Crippen MR) is 56.2 cm³/mol. The van der Waals surface area contributed by atoms with E-state index < -0.39 is 0 Å². The molecule has 0 aromatic rings. The minimum Gasteiger partial charge on any atom is -0.395 e. The smallest absolute Gasteiger partial charge is 0.0607 e. The number of rotatable bonds is 8. The maximum absolute atomic E-state index is 8.93. The lowest BCUT2D eigenvalue weighted by molar-refractivity contribution is 0.134. The summed E-state index contributed by atoms with van der Waals surface area (Å²) >= 11 is 0. The Bertz CT molecular complexity index is 127. The lowest BCUT2D eigenvalue weighted by Crippen LogP contribution is -2.45. The molecule has 14 heavy (non-hydrogen) atoms. The molecule has 0 fully saturated rings. The summed E-state index contributed by atoms with van der Waals surface area (Å²) in [6, 6.07) is 0.0542. The van der Waals surface area contributed by atoms with Crippen molar-refractivity contribution in [2.24, 2.45) is 5.92 Å². The minimum absolute atomic E-state index is 0.0350. The van der Waals surface area contributed by atoms with E-state index in [0.717, 1.165) is 6.42 Å². The van der Waals surface area contributed by atoms with Crippen LogP contribution in [0.5, 0.6) is 0 Å². The molecule has 0 aliphatic heterocycles. The summed E-state index contributed by atoms with van der Waals surface area (Å²) in [5, 5.41) is 21.1. The molecule has 0 rings (SSSR count). The molecule has 0 saturated heterocycles. The Morgan fingerprint density at radius 2 is 1.79 bits per heavy atom. The molecule has 1 atom stereocenters. The van der Waals surface area contributed by atoms with Gasteiger partial charge in [0.05, 0.1) is 19.3 Å². The third-order valence-electron chi connectivity index (χ3n) is 2.33. The maximum Gasteiger partial charge on any atom is 0.0607 e. The van der Waals surface area contributed by atoms with Crippen molar-refractivity contribution in [1.29, 1.82) is 0 Å². The van der Waals surface area contributed by atoms with Crippen LogP contribution in [0.15, 0.2) is 0 Å². The van der Waals surface area contributed by atoms with Crippen molar-refractivity contribution in [3.63, 3.8) is 0 Å². The molecule has 0 spiro atoms.